The van der Waals surface area contributed by atoms with Crippen molar-refractivity contribution in [3.63, 3.8) is 0 Å². The summed E-state index contributed by atoms with van der Waals surface area (Å²) >= 11 is 0. The normalized spacial score (nSPS) is 16.3. The van der Waals surface area contributed by atoms with Crippen molar-refractivity contribution in [2.24, 2.45) is 5.92 Å². The number of rotatable bonds is 5. The van der Waals surface area contributed by atoms with Gasteiger partial charge in [0.15, 0.2) is 0 Å². The first-order chi connectivity index (χ1) is 13.0. The van der Waals surface area contributed by atoms with Crippen molar-refractivity contribution in [2.75, 3.05) is 22.1 Å². The summed E-state index contributed by atoms with van der Waals surface area (Å²) in [6.07, 6.45) is 1.06. The van der Waals surface area contributed by atoms with Gasteiger partial charge in [0.1, 0.15) is 0 Å². The Morgan fingerprint density at radius 2 is 1.78 bits per heavy atom. The van der Waals surface area contributed by atoms with Crippen LogP contribution in [0.15, 0.2) is 48.5 Å². The zero-order valence-corrected chi connectivity index (χ0v) is 15.5. The molecule has 2 aromatic carbocycles. The Balaban J connectivity index is 1.69. The van der Waals surface area contributed by atoms with Gasteiger partial charge in [-0.1, -0.05) is 25.1 Å². The van der Waals surface area contributed by atoms with E-state index in [0.717, 1.165) is 17.7 Å². The van der Waals surface area contributed by atoms with Crippen molar-refractivity contribution in [1.29, 1.82) is 0 Å². The second-order valence-electron chi connectivity index (χ2n) is 6.68. The predicted octanol–water partition coefficient (Wildman–Crippen LogP) is 3.20. The monoisotopic (exact) mass is 365 g/mol. The van der Waals surface area contributed by atoms with Crippen LogP contribution in [0.1, 0.15) is 25.8 Å². The van der Waals surface area contributed by atoms with E-state index in [0.29, 0.717) is 17.9 Å². The van der Waals surface area contributed by atoms with Crippen molar-refractivity contribution >= 4 is 34.8 Å². The summed E-state index contributed by atoms with van der Waals surface area (Å²) < 4.78 is 0. The number of nitrogens with one attached hydrogen (secondary N) is 2. The molecule has 3 amide bonds. The fourth-order valence-electron chi connectivity index (χ4n) is 3.20. The highest BCUT2D eigenvalue weighted by atomic mass is 16.2. The van der Waals surface area contributed by atoms with Gasteiger partial charge in [0.05, 0.1) is 5.92 Å². The number of amides is 3. The van der Waals surface area contributed by atoms with Crippen LogP contribution in [0, 0.1) is 5.92 Å². The predicted molar refractivity (Wildman–Crippen MR) is 106 cm³/mol. The van der Waals surface area contributed by atoms with Gasteiger partial charge in [-0.05, 0) is 42.3 Å². The number of aryl methyl sites for hydroxylation is 1. The Kier molecular flexibility index (Phi) is 5.54. The molecule has 0 radical (unpaired) electrons. The number of anilines is 3. The molecule has 0 bridgehead atoms. The summed E-state index contributed by atoms with van der Waals surface area (Å²) in [5.74, 6) is -0.840. The maximum Gasteiger partial charge on any atom is 0.229 e. The zero-order chi connectivity index (χ0) is 19.4. The highest BCUT2D eigenvalue weighted by Crippen LogP contribution is 2.28. The summed E-state index contributed by atoms with van der Waals surface area (Å²) in [5, 5.41) is 5.62. The standard InChI is InChI=1S/C21H23N3O3/c1-3-15-6-4-7-17(10-15)23-21(27)16-11-20(26)24(13-16)19-9-5-8-18(12-19)22-14(2)25/h4-10,12,16H,3,11,13H2,1-2H3,(H,22,25)(H,23,27)/t16-/m0/s1. The molecule has 27 heavy (non-hydrogen) atoms. The molecule has 3 rings (SSSR count). The van der Waals surface area contributed by atoms with Crippen LogP contribution in [0.2, 0.25) is 0 Å². The Hall–Kier alpha value is -3.15. The summed E-state index contributed by atoms with van der Waals surface area (Å²) in [6.45, 7) is 3.81. The molecule has 1 saturated heterocycles. The van der Waals surface area contributed by atoms with E-state index in [2.05, 4.69) is 17.6 Å². The van der Waals surface area contributed by atoms with Gasteiger partial charge < -0.3 is 15.5 Å². The van der Waals surface area contributed by atoms with E-state index in [1.807, 2.05) is 24.3 Å². The number of benzene rings is 2. The van der Waals surface area contributed by atoms with Crippen LogP contribution >= 0.6 is 0 Å². The molecule has 6 nitrogen and oxygen atoms in total. The molecular formula is C21H23N3O3. The van der Waals surface area contributed by atoms with E-state index < -0.39 is 5.92 Å². The maximum atomic E-state index is 12.6. The summed E-state index contributed by atoms with van der Waals surface area (Å²) in [4.78, 5) is 37.9. The van der Waals surface area contributed by atoms with Crippen molar-refractivity contribution in [2.45, 2.75) is 26.7 Å². The van der Waals surface area contributed by atoms with Crippen molar-refractivity contribution in [3.8, 4) is 0 Å². The fraction of sp³-hybridized carbons (Fsp3) is 0.286. The van der Waals surface area contributed by atoms with Crippen LogP contribution in [0.4, 0.5) is 17.1 Å². The lowest BCUT2D eigenvalue weighted by Crippen LogP contribution is -2.28. The van der Waals surface area contributed by atoms with Gasteiger partial charge >= 0.3 is 0 Å². The summed E-state index contributed by atoms with van der Waals surface area (Å²) in [7, 11) is 0. The first kappa shape index (κ1) is 18.6. The number of carbonyl (C=O) groups excluding carboxylic acids is 3. The van der Waals surface area contributed by atoms with E-state index >= 15 is 0 Å². The van der Waals surface area contributed by atoms with Gasteiger partial charge in [0.25, 0.3) is 0 Å². The minimum absolute atomic E-state index is 0.0996. The van der Waals surface area contributed by atoms with Gasteiger partial charge in [0.2, 0.25) is 17.7 Å². The van der Waals surface area contributed by atoms with Crippen LogP contribution in [-0.4, -0.2) is 24.3 Å². The average molecular weight is 365 g/mol. The molecule has 1 aliphatic heterocycles. The zero-order valence-electron chi connectivity index (χ0n) is 15.5. The molecule has 140 valence electrons. The van der Waals surface area contributed by atoms with Gasteiger partial charge in [-0.15, -0.1) is 0 Å². The van der Waals surface area contributed by atoms with Gasteiger partial charge in [-0.3, -0.25) is 14.4 Å². The van der Waals surface area contributed by atoms with E-state index in [1.54, 1.807) is 29.2 Å². The molecule has 1 fully saturated rings. The second-order valence-corrected chi connectivity index (χ2v) is 6.68. The average Bonchev–Trinajstić information content (AvgIpc) is 3.03. The fourth-order valence-corrected chi connectivity index (χ4v) is 3.20. The molecule has 6 heteroatoms. The molecule has 0 aliphatic carbocycles. The van der Waals surface area contributed by atoms with Gasteiger partial charge in [0, 0.05) is 37.0 Å². The summed E-state index contributed by atoms with van der Waals surface area (Å²) in [5.41, 5.74) is 3.19. The Morgan fingerprint density at radius 3 is 2.48 bits per heavy atom. The minimum Gasteiger partial charge on any atom is -0.326 e. The molecule has 0 spiro atoms. The minimum atomic E-state index is -0.410. The molecule has 0 saturated carbocycles. The van der Waals surface area contributed by atoms with Crippen molar-refractivity contribution < 1.29 is 14.4 Å². The highest BCUT2D eigenvalue weighted by Gasteiger charge is 2.35. The maximum absolute atomic E-state index is 12.6. The topological polar surface area (TPSA) is 78.5 Å². The number of carbonyl (C=O) groups is 3. The lowest BCUT2D eigenvalue weighted by Gasteiger charge is -2.18. The number of nitrogens with zero attached hydrogens (tertiary/aromatic N) is 1. The molecule has 0 unspecified atom stereocenters. The Labute approximate surface area is 158 Å². The third-order valence-electron chi connectivity index (χ3n) is 4.58. The second kappa shape index (κ2) is 8.03. The smallest absolute Gasteiger partial charge is 0.229 e. The van der Waals surface area contributed by atoms with E-state index in [9.17, 15) is 14.4 Å². The number of hydrogen-bond donors (Lipinski definition) is 2. The molecule has 1 heterocycles. The SMILES string of the molecule is CCc1cccc(NC(=O)[C@H]2CC(=O)N(c3cccc(NC(C)=O)c3)C2)c1. The third-order valence-corrected chi connectivity index (χ3v) is 4.58. The molecule has 2 aromatic rings. The van der Waals surface area contributed by atoms with Crippen LogP contribution in [-0.2, 0) is 20.8 Å². The lowest BCUT2D eigenvalue weighted by molar-refractivity contribution is -0.122. The van der Waals surface area contributed by atoms with Crippen molar-refractivity contribution in [3.05, 3.63) is 54.1 Å². The molecular weight excluding hydrogens is 342 g/mol. The van der Waals surface area contributed by atoms with E-state index in [1.165, 1.54) is 6.92 Å². The third kappa shape index (κ3) is 4.53. The molecule has 2 N–H and O–H groups in total. The quantitative estimate of drug-likeness (QED) is 0.854. The van der Waals surface area contributed by atoms with Crippen LogP contribution < -0.4 is 15.5 Å². The van der Waals surface area contributed by atoms with Crippen LogP contribution in [0.3, 0.4) is 0 Å². The summed E-state index contributed by atoms with van der Waals surface area (Å²) in [6, 6.07) is 14.8. The largest absolute Gasteiger partial charge is 0.326 e. The van der Waals surface area contributed by atoms with E-state index in [4.69, 9.17) is 0 Å². The first-order valence-electron chi connectivity index (χ1n) is 9.04. The number of hydrogen-bond acceptors (Lipinski definition) is 3. The van der Waals surface area contributed by atoms with Gasteiger partial charge in [-0.2, -0.15) is 0 Å². The van der Waals surface area contributed by atoms with Crippen molar-refractivity contribution in [1.82, 2.24) is 0 Å². The first-order valence-corrected chi connectivity index (χ1v) is 9.04. The Bertz CT molecular complexity index is 878. The lowest BCUT2D eigenvalue weighted by atomic mass is 10.1. The highest BCUT2D eigenvalue weighted by molar-refractivity contribution is 6.04. The van der Waals surface area contributed by atoms with Gasteiger partial charge in [-0.25, -0.2) is 0 Å². The molecule has 1 aliphatic rings. The van der Waals surface area contributed by atoms with Crippen LogP contribution in [0.5, 0.6) is 0 Å². The van der Waals surface area contributed by atoms with E-state index in [-0.39, 0.29) is 24.1 Å². The molecule has 1 atom stereocenters. The Morgan fingerprint density at radius 1 is 1.07 bits per heavy atom. The van der Waals surface area contributed by atoms with Crippen LogP contribution in [0.25, 0.3) is 0 Å². The molecule has 0 aromatic heterocycles.